The van der Waals surface area contributed by atoms with E-state index in [-0.39, 0.29) is 11.3 Å². The summed E-state index contributed by atoms with van der Waals surface area (Å²) in [6.07, 6.45) is 0. The van der Waals surface area contributed by atoms with Crippen LogP contribution >= 0.6 is 0 Å². The van der Waals surface area contributed by atoms with Gasteiger partial charge >= 0.3 is 0 Å². The van der Waals surface area contributed by atoms with Crippen molar-refractivity contribution in [2.75, 3.05) is 6.61 Å². The fourth-order valence-corrected chi connectivity index (χ4v) is 1.06. The maximum Gasteiger partial charge on any atom is 0.133 e. The Kier molecular flexibility index (Phi) is 3.14. The predicted octanol–water partition coefficient (Wildman–Crippen LogP) is 2.27. The van der Waals surface area contributed by atoms with Crippen molar-refractivity contribution in [3.8, 4) is 11.8 Å². The minimum absolute atomic E-state index is 0.0273. The predicted molar refractivity (Wildman–Crippen MR) is 53.5 cm³/mol. The van der Waals surface area contributed by atoms with Gasteiger partial charge in [0.05, 0.1) is 12.2 Å². The first-order valence-electron chi connectivity index (χ1n) is 4.24. The number of phenols is 1. The molecule has 1 N–H and O–H groups in total. The van der Waals surface area contributed by atoms with E-state index in [1.165, 1.54) is 6.07 Å². The van der Waals surface area contributed by atoms with E-state index in [0.29, 0.717) is 17.9 Å². The topological polar surface area (TPSA) is 53.2 Å². The van der Waals surface area contributed by atoms with Gasteiger partial charge in [-0.25, -0.2) is 0 Å². The van der Waals surface area contributed by atoms with Gasteiger partial charge in [-0.1, -0.05) is 6.58 Å². The highest BCUT2D eigenvalue weighted by Crippen LogP contribution is 2.21. The lowest BCUT2D eigenvalue weighted by molar-refractivity contribution is 0.299. The Morgan fingerprint density at radius 3 is 2.93 bits per heavy atom. The van der Waals surface area contributed by atoms with Crippen molar-refractivity contribution in [2.24, 2.45) is 0 Å². The van der Waals surface area contributed by atoms with Crippen molar-refractivity contribution < 1.29 is 9.84 Å². The van der Waals surface area contributed by atoms with Crippen LogP contribution in [0.3, 0.4) is 0 Å². The molecule has 0 aliphatic carbocycles. The molecule has 0 saturated heterocycles. The van der Waals surface area contributed by atoms with E-state index < -0.39 is 0 Å². The Balaban J connectivity index is 3.02. The molecular formula is C11H11NO2. The average Bonchev–Trinajstić information content (AvgIpc) is 2.19. The molecule has 3 heteroatoms. The molecule has 0 amide bonds. The molecule has 0 bridgehead atoms. The third-order valence-electron chi connectivity index (χ3n) is 1.76. The van der Waals surface area contributed by atoms with Crippen molar-refractivity contribution in [3.05, 3.63) is 35.9 Å². The molecule has 1 aromatic rings. The van der Waals surface area contributed by atoms with Crippen molar-refractivity contribution in [1.82, 2.24) is 0 Å². The number of hydrogen-bond donors (Lipinski definition) is 1. The van der Waals surface area contributed by atoms with Crippen LogP contribution in [0.25, 0.3) is 5.76 Å². The van der Waals surface area contributed by atoms with E-state index in [1.54, 1.807) is 12.1 Å². The zero-order valence-corrected chi connectivity index (χ0v) is 7.95. The average molecular weight is 189 g/mol. The lowest BCUT2D eigenvalue weighted by atomic mass is 10.1. The summed E-state index contributed by atoms with van der Waals surface area (Å²) in [5, 5.41) is 17.9. The summed E-state index contributed by atoms with van der Waals surface area (Å²) in [7, 11) is 0. The summed E-state index contributed by atoms with van der Waals surface area (Å²) >= 11 is 0. The molecule has 3 nitrogen and oxygen atoms in total. The Hall–Kier alpha value is -1.95. The number of ether oxygens (including phenoxy) is 1. The fourth-order valence-electron chi connectivity index (χ4n) is 1.06. The minimum atomic E-state index is -0.0273. The molecule has 0 atom stereocenters. The normalized spacial score (nSPS) is 9.14. The smallest absolute Gasteiger partial charge is 0.133 e. The van der Waals surface area contributed by atoms with E-state index >= 15 is 0 Å². The molecule has 0 unspecified atom stereocenters. The van der Waals surface area contributed by atoms with Crippen molar-refractivity contribution in [3.63, 3.8) is 0 Å². The summed E-state index contributed by atoms with van der Waals surface area (Å²) < 4.78 is 5.18. The van der Waals surface area contributed by atoms with E-state index in [1.807, 2.05) is 13.0 Å². The molecule has 1 aromatic carbocycles. The van der Waals surface area contributed by atoms with Crippen molar-refractivity contribution in [1.29, 1.82) is 5.26 Å². The van der Waals surface area contributed by atoms with Crippen LogP contribution in [0.4, 0.5) is 0 Å². The van der Waals surface area contributed by atoms with Gasteiger partial charge in [0, 0.05) is 5.56 Å². The highest BCUT2D eigenvalue weighted by molar-refractivity contribution is 5.61. The monoisotopic (exact) mass is 189 g/mol. The molecule has 0 aromatic heterocycles. The molecule has 0 saturated carbocycles. The number of phenolic OH excluding ortho intramolecular Hbond substituents is 1. The molecular weight excluding hydrogens is 178 g/mol. The van der Waals surface area contributed by atoms with Crippen LogP contribution in [0.5, 0.6) is 5.75 Å². The van der Waals surface area contributed by atoms with Gasteiger partial charge in [0.25, 0.3) is 0 Å². The van der Waals surface area contributed by atoms with E-state index in [9.17, 15) is 5.11 Å². The second-order valence-corrected chi connectivity index (χ2v) is 2.70. The van der Waals surface area contributed by atoms with Crippen LogP contribution < -0.4 is 0 Å². The summed E-state index contributed by atoms with van der Waals surface area (Å²) in [6, 6.07) is 6.55. The van der Waals surface area contributed by atoms with Gasteiger partial charge in [0.1, 0.15) is 17.6 Å². The maximum atomic E-state index is 9.25. The fraction of sp³-hybridized carbons (Fsp3) is 0.182. The molecule has 0 heterocycles. The van der Waals surface area contributed by atoms with Gasteiger partial charge in [-0.15, -0.1) is 0 Å². The first-order chi connectivity index (χ1) is 6.69. The van der Waals surface area contributed by atoms with Crippen LogP contribution in [0.1, 0.15) is 18.1 Å². The van der Waals surface area contributed by atoms with Gasteiger partial charge in [-0.2, -0.15) is 5.26 Å². The number of aromatic hydroxyl groups is 1. The second kappa shape index (κ2) is 4.33. The van der Waals surface area contributed by atoms with E-state index in [0.717, 1.165) is 0 Å². The maximum absolute atomic E-state index is 9.25. The molecule has 0 fully saturated rings. The molecule has 0 radical (unpaired) electrons. The highest BCUT2D eigenvalue weighted by atomic mass is 16.5. The van der Waals surface area contributed by atoms with Crippen molar-refractivity contribution in [2.45, 2.75) is 6.92 Å². The zero-order valence-electron chi connectivity index (χ0n) is 7.95. The Bertz CT molecular complexity index is 391. The third kappa shape index (κ3) is 2.05. The molecule has 14 heavy (non-hydrogen) atoms. The Labute approximate surface area is 82.9 Å². The number of nitriles is 1. The lowest BCUT2D eigenvalue weighted by Gasteiger charge is -2.07. The first-order valence-corrected chi connectivity index (χ1v) is 4.24. The number of benzene rings is 1. The largest absolute Gasteiger partial charge is 0.507 e. The highest BCUT2D eigenvalue weighted by Gasteiger charge is 2.04. The zero-order chi connectivity index (χ0) is 10.6. The Morgan fingerprint density at radius 1 is 1.64 bits per heavy atom. The first kappa shape index (κ1) is 10.1. The second-order valence-electron chi connectivity index (χ2n) is 2.70. The van der Waals surface area contributed by atoms with Crippen LogP contribution in [-0.4, -0.2) is 11.7 Å². The van der Waals surface area contributed by atoms with Crippen LogP contribution in [0, 0.1) is 11.3 Å². The number of hydrogen-bond acceptors (Lipinski definition) is 3. The molecule has 0 spiro atoms. The van der Waals surface area contributed by atoms with E-state index in [4.69, 9.17) is 10.00 Å². The van der Waals surface area contributed by atoms with Gasteiger partial charge in [-0.3, -0.25) is 0 Å². The van der Waals surface area contributed by atoms with Crippen LogP contribution in [-0.2, 0) is 4.74 Å². The summed E-state index contributed by atoms with van der Waals surface area (Å²) in [5.41, 5.74) is 0.935. The molecule has 72 valence electrons. The number of nitrogens with zero attached hydrogens (tertiary/aromatic N) is 1. The summed E-state index contributed by atoms with van der Waals surface area (Å²) in [5.74, 6) is 0.476. The van der Waals surface area contributed by atoms with Gasteiger partial charge in [0.2, 0.25) is 0 Å². The van der Waals surface area contributed by atoms with Gasteiger partial charge < -0.3 is 9.84 Å². The lowest BCUT2D eigenvalue weighted by Crippen LogP contribution is -1.90. The van der Waals surface area contributed by atoms with E-state index in [2.05, 4.69) is 6.58 Å². The standard InChI is InChI=1S/C11H11NO2/c1-3-14-8(2)9-4-5-11(13)10(6-9)7-12/h4-6,13H,2-3H2,1H3. The summed E-state index contributed by atoms with van der Waals surface area (Å²) in [6.45, 7) is 6.09. The van der Waals surface area contributed by atoms with Crippen LogP contribution in [0.2, 0.25) is 0 Å². The van der Waals surface area contributed by atoms with Gasteiger partial charge in [-0.05, 0) is 25.1 Å². The van der Waals surface area contributed by atoms with Gasteiger partial charge in [0.15, 0.2) is 0 Å². The molecule has 1 rings (SSSR count). The van der Waals surface area contributed by atoms with Crippen molar-refractivity contribution >= 4 is 5.76 Å². The Morgan fingerprint density at radius 2 is 2.36 bits per heavy atom. The SMILES string of the molecule is C=C(OCC)c1ccc(O)c(C#N)c1. The van der Waals surface area contributed by atoms with Crippen LogP contribution in [0.15, 0.2) is 24.8 Å². The summed E-state index contributed by atoms with van der Waals surface area (Å²) in [4.78, 5) is 0. The molecule has 0 aliphatic heterocycles. The quantitative estimate of drug-likeness (QED) is 0.742. The molecule has 0 aliphatic rings. The minimum Gasteiger partial charge on any atom is -0.507 e. The third-order valence-corrected chi connectivity index (χ3v) is 1.76. The number of rotatable bonds is 3.